The van der Waals surface area contributed by atoms with Crippen molar-refractivity contribution in [2.45, 2.75) is 26.3 Å². The highest BCUT2D eigenvalue weighted by Crippen LogP contribution is 2.10. The normalized spacial score (nSPS) is 11.7. The van der Waals surface area contributed by atoms with Crippen LogP contribution in [0, 0.1) is 0 Å². The van der Waals surface area contributed by atoms with Gasteiger partial charge in [-0.25, -0.2) is 0 Å². The summed E-state index contributed by atoms with van der Waals surface area (Å²) in [5.41, 5.74) is 7.89. The molecule has 0 radical (unpaired) electrons. The van der Waals surface area contributed by atoms with Crippen LogP contribution in [0.4, 0.5) is 0 Å². The molecule has 0 saturated heterocycles. The second-order valence-corrected chi connectivity index (χ2v) is 4.50. The lowest BCUT2D eigenvalue weighted by molar-refractivity contribution is -0.122. The van der Waals surface area contributed by atoms with Gasteiger partial charge in [0.25, 0.3) is 0 Å². The van der Waals surface area contributed by atoms with E-state index in [0.717, 1.165) is 11.1 Å². The smallest absolute Gasteiger partial charge is 0.237 e. The van der Waals surface area contributed by atoms with Crippen molar-refractivity contribution in [3.8, 4) is 5.75 Å². The van der Waals surface area contributed by atoms with Crippen molar-refractivity contribution in [3.05, 3.63) is 41.5 Å². The van der Waals surface area contributed by atoms with Gasteiger partial charge in [0, 0.05) is 6.54 Å². The molecule has 4 N–H and O–H groups in total. The summed E-state index contributed by atoms with van der Waals surface area (Å²) < 4.78 is 0. The third-order valence-electron chi connectivity index (χ3n) is 2.52. The fourth-order valence-electron chi connectivity index (χ4n) is 1.47. The predicted molar refractivity (Wildman–Crippen MR) is 72.2 cm³/mol. The zero-order valence-corrected chi connectivity index (χ0v) is 10.8. The Kier molecular flexibility index (Phi) is 5.39. The van der Waals surface area contributed by atoms with Crippen LogP contribution in [0.5, 0.6) is 5.75 Å². The van der Waals surface area contributed by atoms with E-state index in [1.54, 1.807) is 24.3 Å². The molecule has 1 aromatic carbocycles. The molecule has 1 aromatic rings. The molecular weight excluding hydrogens is 228 g/mol. The molecular formula is C14H20N2O2. The first-order chi connectivity index (χ1) is 8.49. The lowest BCUT2D eigenvalue weighted by atomic mass is 10.1. The first kappa shape index (κ1) is 14.3. The maximum atomic E-state index is 11.7. The summed E-state index contributed by atoms with van der Waals surface area (Å²) in [6.45, 7) is 4.45. The number of amides is 1. The molecule has 0 saturated carbocycles. The minimum absolute atomic E-state index is 0.166. The Hall–Kier alpha value is -1.81. The molecule has 0 heterocycles. The Bertz CT molecular complexity index is 420. The minimum atomic E-state index is -0.569. The molecule has 1 atom stereocenters. The first-order valence-corrected chi connectivity index (χ1v) is 5.93. The first-order valence-electron chi connectivity index (χ1n) is 5.93. The van der Waals surface area contributed by atoms with Crippen LogP contribution in [0.3, 0.4) is 0 Å². The van der Waals surface area contributed by atoms with Gasteiger partial charge in [-0.2, -0.15) is 0 Å². The second kappa shape index (κ2) is 6.81. The Morgan fingerprint density at radius 1 is 1.39 bits per heavy atom. The van der Waals surface area contributed by atoms with Crippen LogP contribution in [-0.4, -0.2) is 23.6 Å². The van der Waals surface area contributed by atoms with Crippen molar-refractivity contribution in [2.75, 3.05) is 6.54 Å². The van der Waals surface area contributed by atoms with Gasteiger partial charge in [0.1, 0.15) is 5.75 Å². The molecule has 0 fully saturated rings. The van der Waals surface area contributed by atoms with Crippen LogP contribution >= 0.6 is 0 Å². The molecule has 4 nitrogen and oxygen atoms in total. The maximum absolute atomic E-state index is 11.7. The number of carbonyl (C=O) groups is 1. The number of hydrogen-bond donors (Lipinski definition) is 3. The second-order valence-electron chi connectivity index (χ2n) is 4.50. The average molecular weight is 248 g/mol. The van der Waals surface area contributed by atoms with Crippen molar-refractivity contribution in [2.24, 2.45) is 5.73 Å². The Labute approximate surface area is 108 Å². The highest BCUT2D eigenvalue weighted by Gasteiger charge is 2.12. The van der Waals surface area contributed by atoms with Gasteiger partial charge >= 0.3 is 0 Å². The van der Waals surface area contributed by atoms with E-state index in [2.05, 4.69) is 5.32 Å². The van der Waals surface area contributed by atoms with Crippen LogP contribution in [0.15, 0.2) is 35.9 Å². The summed E-state index contributed by atoms with van der Waals surface area (Å²) >= 11 is 0. The quantitative estimate of drug-likeness (QED) is 0.688. The van der Waals surface area contributed by atoms with E-state index in [1.165, 1.54) is 0 Å². The molecule has 98 valence electrons. The monoisotopic (exact) mass is 248 g/mol. The number of aromatic hydroxyl groups is 1. The predicted octanol–water partition coefficient (Wildman–Crippen LogP) is 1.34. The van der Waals surface area contributed by atoms with Gasteiger partial charge in [-0.3, -0.25) is 4.79 Å². The van der Waals surface area contributed by atoms with E-state index in [9.17, 15) is 4.79 Å². The Balaban J connectivity index is 2.44. The van der Waals surface area contributed by atoms with Gasteiger partial charge in [0.05, 0.1) is 6.04 Å². The van der Waals surface area contributed by atoms with Crippen LogP contribution in [0.1, 0.15) is 19.4 Å². The molecule has 4 heteroatoms. The fourth-order valence-corrected chi connectivity index (χ4v) is 1.47. The number of nitrogens with one attached hydrogen (secondary N) is 1. The number of allylic oxidation sites excluding steroid dienone is 1. The van der Waals surface area contributed by atoms with Gasteiger partial charge in [-0.15, -0.1) is 0 Å². The van der Waals surface area contributed by atoms with E-state index in [4.69, 9.17) is 10.8 Å². The standard InChI is InChI=1S/C14H20N2O2/c1-10(2)7-8-16-14(18)13(15)9-11-3-5-12(17)6-4-11/h3-7,13,17H,8-9,15H2,1-2H3,(H,16,18)/t13-/m1/s1. The lowest BCUT2D eigenvalue weighted by Gasteiger charge is -2.11. The average Bonchev–Trinajstić information content (AvgIpc) is 2.31. The number of hydrogen-bond acceptors (Lipinski definition) is 3. The van der Waals surface area contributed by atoms with Crippen molar-refractivity contribution < 1.29 is 9.90 Å². The molecule has 1 amide bonds. The Morgan fingerprint density at radius 3 is 2.56 bits per heavy atom. The molecule has 1 rings (SSSR count). The number of phenolic OH excluding ortho intramolecular Hbond substituents is 1. The summed E-state index contributed by atoms with van der Waals surface area (Å²) in [6, 6.07) is 6.13. The van der Waals surface area contributed by atoms with Gasteiger partial charge in [-0.05, 0) is 38.0 Å². The zero-order valence-electron chi connectivity index (χ0n) is 10.8. The van der Waals surface area contributed by atoms with Crippen molar-refractivity contribution >= 4 is 5.91 Å². The summed E-state index contributed by atoms with van der Waals surface area (Å²) in [4.78, 5) is 11.7. The SMILES string of the molecule is CC(C)=CCNC(=O)[C@H](N)Cc1ccc(O)cc1. The van der Waals surface area contributed by atoms with E-state index in [0.29, 0.717) is 13.0 Å². The molecule has 18 heavy (non-hydrogen) atoms. The van der Waals surface area contributed by atoms with Crippen LogP contribution in [0.25, 0.3) is 0 Å². The van der Waals surface area contributed by atoms with Gasteiger partial charge in [-0.1, -0.05) is 23.8 Å². The van der Waals surface area contributed by atoms with E-state index < -0.39 is 6.04 Å². The number of phenols is 1. The van der Waals surface area contributed by atoms with E-state index in [-0.39, 0.29) is 11.7 Å². The fraction of sp³-hybridized carbons (Fsp3) is 0.357. The lowest BCUT2D eigenvalue weighted by Crippen LogP contribution is -2.42. The van der Waals surface area contributed by atoms with Crippen molar-refractivity contribution in [3.63, 3.8) is 0 Å². The summed E-state index contributed by atoms with van der Waals surface area (Å²) in [5.74, 6) is 0.0425. The summed E-state index contributed by atoms with van der Waals surface area (Å²) in [6.07, 6.45) is 2.39. The summed E-state index contributed by atoms with van der Waals surface area (Å²) in [5, 5.41) is 11.9. The number of carbonyl (C=O) groups excluding carboxylic acids is 1. The summed E-state index contributed by atoms with van der Waals surface area (Å²) in [7, 11) is 0. The number of benzene rings is 1. The molecule has 0 unspecified atom stereocenters. The topological polar surface area (TPSA) is 75.4 Å². The number of nitrogens with two attached hydrogens (primary N) is 1. The van der Waals surface area contributed by atoms with E-state index >= 15 is 0 Å². The van der Waals surface area contributed by atoms with Gasteiger partial charge < -0.3 is 16.2 Å². The van der Waals surface area contributed by atoms with Crippen molar-refractivity contribution in [1.82, 2.24) is 5.32 Å². The van der Waals surface area contributed by atoms with Crippen LogP contribution in [0.2, 0.25) is 0 Å². The molecule has 0 aliphatic heterocycles. The van der Waals surface area contributed by atoms with Crippen molar-refractivity contribution in [1.29, 1.82) is 0 Å². The van der Waals surface area contributed by atoms with E-state index in [1.807, 2.05) is 19.9 Å². The highest BCUT2D eigenvalue weighted by molar-refractivity contribution is 5.81. The molecule has 0 aromatic heterocycles. The zero-order chi connectivity index (χ0) is 13.5. The Morgan fingerprint density at radius 2 is 2.00 bits per heavy atom. The van der Waals surface area contributed by atoms with Crippen LogP contribution < -0.4 is 11.1 Å². The maximum Gasteiger partial charge on any atom is 0.237 e. The molecule has 0 aliphatic rings. The van der Waals surface area contributed by atoms with Gasteiger partial charge in [0.2, 0.25) is 5.91 Å². The minimum Gasteiger partial charge on any atom is -0.508 e. The van der Waals surface area contributed by atoms with Crippen LogP contribution in [-0.2, 0) is 11.2 Å². The molecule has 0 spiro atoms. The largest absolute Gasteiger partial charge is 0.508 e. The molecule has 0 bridgehead atoms. The third-order valence-corrected chi connectivity index (χ3v) is 2.52. The molecule has 0 aliphatic carbocycles. The van der Waals surface area contributed by atoms with Gasteiger partial charge in [0.15, 0.2) is 0 Å². The number of rotatable bonds is 5. The highest BCUT2D eigenvalue weighted by atomic mass is 16.3. The third kappa shape index (κ3) is 5.01.